The van der Waals surface area contributed by atoms with Crippen molar-refractivity contribution in [3.8, 4) is 0 Å². The molecule has 5 nitrogen and oxygen atoms in total. The Morgan fingerprint density at radius 3 is 3.00 bits per heavy atom. The monoisotopic (exact) mass is 279 g/mol. The molecule has 0 N–H and O–H groups in total. The normalized spacial score (nSPS) is 20.9. The van der Waals surface area contributed by atoms with Gasteiger partial charge in [0.25, 0.3) is 0 Å². The first-order valence-corrected chi connectivity index (χ1v) is 7.76. The predicted molar refractivity (Wildman–Crippen MR) is 76.5 cm³/mol. The number of rotatable bonds is 5. The zero-order valence-corrected chi connectivity index (χ0v) is 12.8. The summed E-state index contributed by atoms with van der Waals surface area (Å²) in [4.78, 5) is 18.5. The fraction of sp³-hybridized carbons (Fsp3) is 0.800. The van der Waals surface area contributed by atoms with Gasteiger partial charge in [0, 0.05) is 25.4 Å². The summed E-state index contributed by atoms with van der Waals surface area (Å²) < 4.78 is 5.42. The van der Waals surface area contributed by atoms with Crippen LogP contribution in [-0.2, 0) is 4.79 Å². The van der Waals surface area contributed by atoms with Crippen LogP contribution in [0.25, 0.3) is 0 Å². The average Bonchev–Trinajstić information content (AvgIpc) is 2.96. The summed E-state index contributed by atoms with van der Waals surface area (Å²) in [6.45, 7) is 7.84. The third-order valence-corrected chi connectivity index (χ3v) is 4.10. The second kappa shape index (κ2) is 6.86. The van der Waals surface area contributed by atoms with Gasteiger partial charge in [-0.15, -0.1) is 0 Å². The summed E-state index contributed by atoms with van der Waals surface area (Å²) in [5.74, 6) is 2.27. The highest BCUT2D eigenvalue weighted by Gasteiger charge is 2.28. The van der Waals surface area contributed by atoms with Crippen molar-refractivity contribution in [1.82, 2.24) is 15.0 Å². The first-order valence-electron chi connectivity index (χ1n) is 7.76. The van der Waals surface area contributed by atoms with E-state index in [0.29, 0.717) is 18.2 Å². The molecule has 5 heteroatoms. The van der Waals surface area contributed by atoms with Gasteiger partial charge in [0.15, 0.2) is 5.82 Å². The number of hydrogen-bond acceptors (Lipinski definition) is 4. The van der Waals surface area contributed by atoms with E-state index in [2.05, 4.69) is 24.0 Å². The quantitative estimate of drug-likeness (QED) is 0.831. The molecule has 2 atom stereocenters. The lowest BCUT2D eigenvalue weighted by Gasteiger charge is -2.31. The van der Waals surface area contributed by atoms with Crippen molar-refractivity contribution in [2.75, 3.05) is 13.1 Å². The number of piperidine rings is 1. The number of carbonyl (C=O) groups is 1. The smallest absolute Gasteiger partial charge is 0.231 e. The second-order valence-corrected chi connectivity index (χ2v) is 5.73. The van der Waals surface area contributed by atoms with Gasteiger partial charge in [-0.05, 0) is 25.7 Å². The van der Waals surface area contributed by atoms with Crippen molar-refractivity contribution in [3.63, 3.8) is 0 Å². The summed E-state index contributed by atoms with van der Waals surface area (Å²) in [7, 11) is 0. The Labute approximate surface area is 120 Å². The van der Waals surface area contributed by atoms with Crippen molar-refractivity contribution in [2.24, 2.45) is 0 Å². The number of amides is 1. The highest BCUT2D eigenvalue weighted by atomic mass is 16.5. The topological polar surface area (TPSA) is 59.2 Å². The van der Waals surface area contributed by atoms with Gasteiger partial charge in [0.2, 0.25) is 11.8 Å². The second-order valence-electron chi connectivity index (χ2n) is 5.73. The van der Waals surface area contributed by atoms with Crippen LogP contribution in [0, 0.1) is 0 Å². The molecule has 0 saturated carbocycles. The van der Waals surface area contributed by atoms with Crippen LogP contribution in [0.2, 0.25) is 0 Å². The highest BCUT2D eigenvalue weighted by molar-refractivity contribution is 5.76. The molecule has 2 rings (SSSR count). The van der Waals surface area contributed by atoms with Gasteiger partial charge in [-0.2, -0.15) is 4.98 Å². The Morgan fingerprint density at radius 2 is 2.30 bits per heavy atom. The van der Waals surface area contributed by atoms with E-state index in [1.54, 1.807) is 0 Å². The van der Waals surface area contributed by atoms with E-state index < -0.39 is 0 Å². The van der Waals surface area contributed by atoms with E-state index in [0.717, 1.165) is 44.6 Å². The average molecular weight is 279 g/mol. The molecule has 0 spiro atoms. The van der Waals surface area contributed by atoms with Crippen LogP contribution in [0.4, 0.5) is 0 Å². The molecule has 0 bridgehead atoms. The standard InChI is InChI=1S/C15H25N3O2/c1-4-7-13(19)18-9-6-8-12(10-18)15-16-14(17-20-15)11(3)5-2/h11-12H,4-10H2,1-3H3/t11-,12+/m0/s1. The van der Waals surface area contributed by atoms with Gasteiger partial charge >= 0.3 is 0 Å². The fourth-order valence-corrected chi connectivity index (χ4v) is 2.57. The van der Waals surface area contributed by atoms with Crippen LogP contribution in [0.1, 0.15) is 76.4 Å². The fourth-order valence-electron chi connectivity index (χ4n) is 2.57. The third kappa shape index (κ3) is 3.38. The lowest BCUT2D eigenvalue weighted by molar-refractivity contribution is -0.132. The van der Waals surface area contributed by atoms with Crippen molar-refractivity contribution < 1.29 is 9.32 Å². The van der Waals surface area contributed by atoms with E-state index in [1.165, 1.54) is 0 Å². The molecule has 0 aromatic carbocycles. The number of nitrogens with zero attached hydrogens (tertiary/aromatic N) is 3. The van der Waals surface area contributed by atoms with Gasteiger partial charge < -0.3 is 9.42 Å². The third-order valence-electron chi connectivity index (χ3n) is 4.10. The number of aromatic nitrogens is 2. The minimum absolute atomic E-state index is 0.204. The van der Waals surface area contributed by atoms with E-state index in [1.807, 2.05) is 11.8 Å². The molecule has 1 saturated heterocycles. The van der Waals surface area contributed by atoms with E-state index in [9.17, 15) is 4.79 Å². The maximum Gasteiger partial charge on any atom is 0.231 e. The minimum Gasteiger partial charge on any atom is -0.342 e. The SMILES string of the molecule is CCCC(=O)N1CCC[C@@H](c2nc([C@@H](C)CC)no2)C1. The maximum absolute atomic E-state index is 12.0. The van der Waals surface area contributed by atoms with Gasteiger partial charge in [-0.1, -0.05) is 25.9 Å². The van der Waals surface area contributed by atoms with E-state index in [4.69, 9.17) is 4.52 Å². The van der Waals surface area contributed by atoms with E-state index >= 15 is 0 Å². The molecule has 1 aliphatic rings. The van der Waals surface area contributed by atoms with Gasteiger partial charge in [-0.3, -0.25) is 4.79 Å². The lowest BCUT2D eigenvalue weighted by Crippen LogP contribution is -2.39. The molecular formula is C15H25N3O2. The van der Waals surface area contributed by atoms with Gasteiger partial charge in [0.1, 0.15) is 0 Å². The Morgan fingerprint density at radius 1 is 1.50 bits per heavy atom. The molecule has 1 fully saturated rings. The zero-order valence-electron chi connectivity index (χ0n) is 12.8. The van der Waals surface area contributed by atoms with Crippen LogP contribution < -0.4 is 0 Å². The number of carbonyl (C=O) groups excluding carboxylic acids is 1. The molecule has 0 unspecified atom stereocenters. The molecule has 1 aromatic rings. The predicted octanol–water partition coefficient (Wildman–Crippen LogP) is 3.09. The van der Waals surface area contributed by atoms with Crippen molar-refractivity contribution in [2.45, 2.75) is 64.7 Å². The molecule has 20 heavy (non-hydrogen) atoms. The number of hydrogen-bond donors (Lipinski definition) is 0. The molecule has 1 aromatic heterocycles. The van der Waals surface area contributed by atoms with Crippen LogP contribution >= 0.6 is 0 Å². The molecule has 2 heterocycles. The summed E-state index contributed by atoms with van der Waals surface area (Å²) in [6, 6.07) is 0. The summed E-state index contributed by atoms with van der Waals surface area (Å²) in [5.41, 5.74) is 0. The van der Waals surface area contributed by atoms with Crippen molar-refractivity contribution in [3.05, 3.63) is 11.7 Å². The molecule has 0 aliphatic carbocycles. The Balaban J connectivity index is 2.01. The molecule has 1 amide bonds. The summed E-state index contributed by atoms with van der Waals surface area (Å²) in [6.07, 6.45) is 4.58. The summed E-state index contributed by atoms with van der Waals surface area (Å²) in [5, 5.41) is 4.08. The first kappa shape index (κ1) is 15.0. The molecule has 0 radical (unpaired) electrons. The number of likely N-dealkylation sites (tertiary alicyclic amines) is 1. The van der Waals surface area contributed by atoms with Crippen molar-refractivity contribution >= 4 is 5.91 Å². The van der Waals surface area contributed by atoms with E-state index in [-0.39, 0.29) is 11.8 Å². The minimum atomic E-state index is 0.204. The largest absolute Gasteiger partial charge is 0.342 e. The Bertz CT molecular complexity index is 444. The van der Waals surface area contributed by atoms with Crippen LogP contribution in [0.3, 0.4) is 0 Å². The molecule has 112 valence electrons. The lowest BCUT2D eigenvalue weighted by atomic mass is 9.97. The summed E-state index contributed by atoms with van der Waals surface area (Å²) >= 11 is 0. The Kier molecular flexibility index (Phi) is 5.15. The van der Waals surface area contributed by atoms with Gasteiger partial charge in [-0.25, -0.2) is 0 Å². The zero-order chi connectivity index (χ0) is 14.5. The van der Waals surface area contributed by atoms with Crippen LogP contribution in [0.5, 0.6) is 0 Å². The van der Waals surface area contributed by atoms with Crippen LogP contribution in [-0.4, -0.2) is 34.0 Å². The van der Waals surface area contributed by atoms with Crippen LogP contribution in [0.15, 0.2) is 4.52 Å². The molecular weight excluding hydrogens is 254 g/mol. The first-order chi connectivity index (χ1) is 9.65. The Hall–Kier alpha value is -1.39. The highest BCUT2D eigenvalue weighted by Crippen LogP contribution is 2.27. The molecule has 1 aliphatic heterocycles. The maximum atomic E-state index is 12.0. The van der Waals surface area contributed by atoms with Crippen molar-refractivity contribution in [1.29, 1.82) is 0 Å². The van der Waals surface area contributed by atoms with Gasteiger partial charge in [0.05, 0.1) is 5.92 Å².